The predicted octanol–water partition coefficient (Wildman–Crippen LogP) is 2.38. The number of ether oxygens (including phenoxy) is 2. The maximum absolute atomic E-state index is 11.3. The van der Waals surface area contributed by atoms with E-state index in [1.165, 1.54) is 0 Å². The molecule has 6 heteroatoms. The third-order valence-electron chi connectivity index (χ3n) is 3.19. The van der Waals surface area contributed by atoms with E-state index in [0.29, 0.717) is 5.75 Å². The first-order valence-corrected chi connectivity index (χ1v) is 8.57. The molecule has 0 unspecified atom stereocenters. The zero-order valence-corrected chi connectivity index (χ0v) is 13.7. The van der Waals surface area contributed by atoms with Gasteiger partial charge in [-0.15, -0.1) is 0 Å². The zero-order chi connectivity index (χ0) is 14.0. The average molecular weight is 348 g/mol. The fourth-order valence-electron chi connectivity index (χ4n) is 1.97. The molecular formula is C13H18BrNO3S. The van der Waals surface area contributed by atoms with Crippen LogP contribution in [0.25, 0.3) is 0 Å². The lowest BCUT2D eigenvalue weighted by Gasteiger charge is -2.24. The number of benzene rings is 1. The molecule has 0 fully saturated rings. The monoisotopic (exact) mass is 347 g/mol. The van der Waals surface area contributed by atoms with Crippen LogP contribution >= 0.6 is 15.9 Å². The van der Waals surface area contributed by atoms with Gasteiger partial charge in [0.2, 0.25) is 6.79 Å². The highest BCUT2D eigenvalue weighted by Gasteiger charge is 2.18. The lowest BCUT2D eigenvalue weighted by atomic mass is 10.1. The highest BCUT2D eigenvalue weighted by Crippen LogP contribution is 2.37. The van der Waals surface area contributed by atoms with Crippen molar-refractivity contribution in [3.05, 3.63) is 22.2 Å². The maximum atomic E-state index is 11.3. The first-order chi connectivity index (χ1) is 8.97. The van der Waals surface area contributed by atoms with Gasteiger partial charge in [0.05, 0.1) is 0 Å². The highest BCUT2D eigenvalue weighted by molar-refractivity contribution is 9.10. The zero-order valence-electron chi connectivity index (χ0n) is 11.3. The summed E-state index contributed by atoms with van der Waals surface area (Å²) in [6, 6.07) is 4.20. The fourth-order valence-corrected chi connectivity index (χ4v) is 3.35. The summed E-state index contributed by atoms with van der Waals surface area (Å²) in [5.41, 5.74) is 1.14. The van der Waals surface area contributed by atoms with Crippen molar-refractivity contribution in [3.8, 4) is 11.5 Å². The number of fused-ring (bicyclic) bond motifs is 1. The standard InChI is InChI=1S/C13H18BrNO3S/c1-9(7-19(3)16)15(2)6-10-4-12-13(5-11(10)14)18-8-17-12/h4-5,9H,6-8H2,1-3H3/t9-,19-/m0/s1. The Morgan fingerprint density at radius 3 is 2.68 bits per heavy atom. The second-order valence-corrected chi connectivity index (χ2v) is 7.13. The van der Waals surface area contributed by atoms with Gasteiger partial charge in [0.25, 0.3) is 0 Å². The Bertz CT molecular complexity index is 495. The van der Waals surface area contributed by atoms with Crippen molar-refractivity contribution in [1.82, 2.24) is 4.90 Å². The molecule has 2 rings (SSSR count). The number of nitrogens with zero attached hydrogens (tertiary/aromatic N) is 1. The summed E-state index contributed by atoms with van der Waals surface area (Å²) in [5.74, 6) is 2.25. The molecule has 0 bridgehead atoms. The van der Waals surface area contributed by atoms with Crippen molar-refractivity contribution < 1.29 is 13.7 Å². The van der Waals surface area contributed by atoms with Gasteiger partial charge < -0.3 is 9.47 Å². The van der Waals surface area contributed by atoms with Gasteiger partial charge in [0, 0.05) is 39.9 Å². The van der Waals surface area contributed by atoms with Crippen molar-refractivity contribution in [1.29, 1.82) is 0 Å². The molecule has 0 aliphatic carbocycles. The molecular weight excluding hydrogens is 330 g/mol. The maximum Gasteiger partial charge on any atom is 0.231 e. The van der Waals surface area contributed by atoms with Crippen LogP contribution in [-0.4, -0.2) is 41.0 Å². The quantitative estimate of drug-likeness (QED) is 0.819. The minimum atomic E-state index is -0.777. The third-order valence-corrected chi connectivity index (χ3v) is 4.88. The van der Waals surface area contributed by atoms with Crippen LogP contribution in [0.2, 0.25) is 0 Å². The van der Waals surface area contributed by atoms with Crippen molar-refractivity contribution in [2.45, 2.75) is 19.5 Å². The van der Waals surface area contributed by atoms with Crippen LogP contribution in [0.15, 0.2) is 16.6 Å². The lowest BCUT2D eigenvalue weighted by Crippen LogP contribution is -2.33. The van der Waals surface area contributed by atoms with Crippen LogP contribution in [-0.2, 0) is 17.3 Å². The average Bonchev–Trinajstić information content (AvgIpc) is 2.75. The predicted molar refractivity (Wildman–Crippen MR) is 80.1 cm³/mol. The van der Waals surface area contributed by atoms with E-state index in [4.69, 9.17) is 9.47 Å². The molecule has 0 saturated carbocycles. The van der Waals surface area contributed by atoms with Crippen LogP contribution in [0.1, 0.15) is 12.5 Å². The summed E-state index contributed by atoms with van der Waals surface area (Å²) < 4.78 is 23.0. The van der Waals surface area contributed by atoms with Gasteiger partial charge in [-0.25, -0.2) is 0 Å². The van der Waals surface area contributed by atoms with Gasteiger partial charge in [0.1, 0.15) is 0 Å². The van der Waals surface area contributed by atoms with E-state index >= 15 is 0 Å². The van der Waals surface area contributed by atoms with Crippen molar-refractivity contribution in [3.63, 3.8) is 0 Å². The first kappa shape index (κ1) is 14.8. The summed E-state index contributed by atoms with van der Waals surface area (Å²) in [6.45, 7) is 3.14. The minimum absolute atomic E-state index is 0.267. The van der Waals surface area contributed by atoms with Crippen molar-refractivity contribution in [2.24, 2.45) is 0 Å². The second kappa shape index (κ2) is 6.24. The van der Waals surface area contributed by atoms with E-state index < -0.39 is 10.8 Å². The largest absolute Gasteiger partial charge is 0.454 e. The van der Waals surface area contributed by atoms with E-state index in [9.17, 15) is 4.21 Å². The van der Waals surface area contributed by atoms with Gasteiger partial charge in [-0.05, 0) is 31.7 Å². The lowest BCUT2D eigenvalue weighted by molar-refractivity contribution is 0.174. The van der Waals surface area contributed by atoms with Gasteiger partial charge in [-0.1, -0.05) is 15.9 Å². The molecule has 1 aromatic carbocycles. The number of hydrogen-bond acceptors (Lipinski definition) is 4. The van der Waals surface area contributed by atoms with Crippen molar-refractivity contribution in [2.75, 3.05) is 25.8 Å². The SMILES string of the molecule is C[C@@H](C[S@](C)=O)N(C)Cc1cc2c(cc1Br)OCO2. The Labute approximate surface area is 124 Å². The van der Waals surface area contributed by atoms with Crippen LogP contribution < -0.4 is 9.47 Å². The molecule has 0 aromatic heterocycles. The molecule has 0 spiro atoms. The van der Waals surface area contributed by atoms with Crippen LogP contribution in [0.3, 0.4) is 0 Å². The smallest absolute Gasteiger partial charge is 0.231 e. The minimum Gasteiger partial charge on any atom is -0.454 e. The molecule has 1 aromatic rings. The Hall–Kier alpha value is -0.590. The van der Waals surface area contributed by atoms with Gasteiger partial charge in [0.15, 0.2) is 11.5 Å². The van der Waals surface area contributed by atoms with Crippen LogP contribution in [0, 0.1) is 0 Å². The first-order valence-electron chi connectivity index (χ1n) is 6.05. The number of rotatable bonds is 5. The fraction of sp³-hybridized carbons (Fsp3) is 0.538. The molecule has 0 amide bonds. The molecule has 2 atom stereocenters. The Morgan fingerprint density at radius 2 is 2.05 bits per heavy atom. The Morgan fingerprint density at radius 1 is 1.42 bits per heavy atom. The number of hydrogen-bond donors (Lipinski definition) is 0. The van der Waals surface area contributed by atoms with Crippen molar-refractivity contribution >= 4 is 26.7 Å². The molecule has 19 heavy (non-hydrogen) atoms. The molecule has 1 aliphatic rings. The van der Waals surface area contributed by atoms with Crippen LogP contribution in [0.4, 0.5) is 0 Å². The third kappa shape index (κ3) is 3.70. The molecule has 1 heterocycles. The van der Waals surface area contributed by atoms with E-state index in [1.54, 1.807) is 6.26 Å². The Kier molecular flexibility index (Phi) is 4.86. The topological polar surface area (TPSA) is 38.8 Å². The highest BCUT2D eigenvalue weighted by atomic mass is 79.9. The summed E-state index contributed by atoms with van der Waals surface area (Å²) in [7, 11) is 1.26. The van der Waals surface area contributed by atoms with Gasteiger partial charge >= 0.3 is 0 Å². The van der Waals surface area contributed by atoms with E-state index in [-0.39, 0.29) is 12.8 Å². The van der Waals surface area contributed by atoms with Gasteiger partial charge in [-0.2, -0.15) is 0 Å². The molecule has 0 saturated heterocycles. The van der Waals surface area contributed by atoms with Crippen LogP contribution in [0.5, 0.6) is 11.5 Å². The van der Waals surface area contributed by atoms with E-state index in [1.807, 2.05) is 19.2 Å². The molecule has 1 aliphatic heterocycles. The molecule has 106 valence electrons. The normalized spacial score (nSPS) is 16.7. The summed E-state index contributed by atoms with van der Waals surface area (Å²) in [4.78, 5) is 2.18. The molecule has 0 radical (unpaired) electrons. The second-order valence-electron chi connectivity index (χ2n) is 4.80. The molecule has 0 N–H and O–H groups in total. The summed E-state index contributed by atoms with van der Waals surface area (Å²) >= 11 is 3.56. The Balaban J connectivity index is 2.08. The summed E-state index contributed by atoms with van der Waals surface area (Å²) in [6.07, 6.45) is 1.74. The van der Waals surface area contributed by atoms with Gasteiger partial charge in [-0.3, -0.25) is 9.11 Å². The molecule has 4 nitrogen and oxygen atoms in total. The van der Waals surface area contributed by atoms with E-state index in [2.05, 4.69) is 27.8 Å². The van der Waals surface area contributed by atoms with E-state index in [0.717, 1.165) is 28.1 Å². The number of halogens is 1. The summed E-state index contributed by atoms with van der Waals surface area (Å²) in [5, 5.41) is 0.